The van der Waals surface area contributed by atoms with Gasteiger partial charge in [-0.1, -0.05) is 38.1 Å². The molecule has 4 fully saturated rings. The second kappa shape index (κ2) is 9.19. The van der Waals surface area contributed by atoms with Crippen molar-refractivity contribution in [2.24, 2.45) is 23.7 Å². The van der Waals surface area contributed by atoms with E-state index >= 15 is 0 Å². The highest BCUT2D eigenvalue weighted by Gasteiger charge is 2.70. The number of amides is 2. The summed E-state index contributed by atoms with van der Waals surface area (Å²) >= 11 is 0. The van der Waals surface area contributed by atoms with Crippen molar-refractivity contribution >= 4 is 11.8 Å². The lowest BCUT2D eigenvalue weighted by atomic mass is 9.57. The summed E-state index contributed by atoms with van der Waals surface area (Å²) in [7, 11) is 1.66. The van der Waals surface area contributed by atoms with Crippen LogP contribution in [0.1, 0.15) is 37.8 Å². The van der Waals surface area contributed by atoms with Gasteiger partial charge in [0.05, 0.1) is 7.11 Å². The highest BCUT2D eigenvalue weighted by Crippen LogP contribution is 2.54. The zero-order valence-electron chi connectivity index (χ0n) is 20.7. The molecule has 2 amide bonds. The van der Waals surface area contributed by atoms with Crippen molar-refractivity contribution < 1.29 is 19.4 Å². The summed E-state index contributed by atoms with van der Waals surface area (Å²) in [5.74, 6) is 1.55. The summed E-state index contributed by atoms with van der Waals surface area (Å²) in [4.78, 5) is 29.5. The van der Waals surface area contributed by atoms with Gasteiger partial charge >= 0.3 is 0 Å². The van der Waals surface area contributed by atoms with Crippen molar-refractivity contribution in [3.05, 3.63) is 59.7 Å². The molecule has 6 rings (SSSR count). The molecule has 3 saturated heterocycles. The van der Waals surface area contributed by atoms with Gasteiger partial charge in [-0.3, -0.25) is 14.5 Å². The van der Waals surface area contributed by atoms with E-state index in [-0.39, 0.29) is 41.4 Å². The molecule has 7 nitrogen and oxygen atoms in total. The van der Waals surface area contributed by atoms with Gasteiger partial charge in [-0.25, -0.2) is 0 Å². The van der Waals surface area contributed by atoms with Crippen LogP contribution in [0.2, 0.25) is 0 Å². The molecule has 3 aliphatic heterocycles. The fraction of sp³-hybridized carbons (Fsp3) is 0.500. The third kappa shape index (κ3) is 4.16. The predicted octanol–water partition coefficient (Wildman–Crippen LogP) is 3.07. The zero-order chi connectivity index (χ0) is 24.7. The van der Waals surface area contributed by atoms with Gasteiger partial charge < -0.3 is 20.5 Å². The Labute approximate surface area is 206 Å². The number of piperidine rings is 2. The van der Waals surface area contributed by atoms with Crippen LogP contribution in [-0.4, -0.2) is 47.1 Å². The van der Waals surface area contributed by atoms with E-state index in [9.17, 15) is 14.7 Å². The topological polar surface area (TPSA) is 90.9 Å². The number of aromatic hydroxyl groups is 1. The van der Waals surface area contributed by atoms with E-state index in [1.54, 1.807) is 31.4 Å². The molecular formula is C28H35N3O4. The SMILES string of the molecule is COc1ccc(CN2C[C@@H]3C[C@H]4C(=O)N[C@]3(C(=O)NCc3ccc(O)cc3)[C@@H]2[C@@H]4CC(C)C)cc1. The van der Waals surface area contributed by atoms with Gasteiger partial charge in [0, 0.05) is 37.5 Å². The van der Waals surface area contributed by atoms with Crippen LogP contribution >= 0.6 is 0 Å². The van der Waals surface area contributed by atoms with Crippen LogP contribution in [0.4, 0.5) is 0 Å². The second-order valence-corrected chi connectivity index (χ2v) is 10.8. The largest absolute Gasteiger partial charge is 0.508 e. The fourth-order valence-electron chi connectivity index (χ4n) is 6.70. The van der Waals surface area contributed by atoms with E-state index in [2.05, 4.69) is 41.5 Å². The van der Waals surface area contributed by atoms with Crippen LogP contribution in [0.25, 0.3) is 0 Å². The molecule has 0 unspecified atom stereocenters. The quantitative estimate of drug-likeness (QED) is 0.544. The highest BCUT2D eigenvalue weighted by molar-refractivity contribution is 5.97. The lowest BCUT2D eigenvalue weighted by molar-refractivity contribution is -0.155. The Bertz CT molecular complexity index is 1080. The summed E-state index contributed by atoms with van der Waals surface area (Å²) in [5, 5.41) is 15.9. The van der Waals surface area contributed by atoms with Gasteiger partial charge in [0.1, 0.15) is 17.0 Å². The first kappa shape index (κ1) is 23.7. The van der Waals surface area contributed by atoms with Crippen molar-refractivity contribution in [3.8, 4) is 11.5 Å². The number of benzene rings is 2. The Hall–Kier alpha value is -3.06. The number of nitrogens with one attached hydrogen (secondary N) is 2. The van der Waals surface area contributed by atoms with Crippen molar-refractivity contribution in [1.82, 2.24) is 15.5 Å². The third-order valence-electron chi connectivity index (χ3n) is 8.14. The standard InChI is InChI=1S/C28H35N3O4/c1-17(2)12-23-24-13-20-16-31(15-19-6-10-22(35-3)11-7-19)25(23)28(20,30-26(24)33)27(34)29-14-18-4-8-21(32)9-5-18/h4-11,17,20,23-25,32H,12-16H2,1-3H3,(H,29,34)(H,30,33)/t20-,23+,24+,25-,28-/m0/s1. The number of hydrogen-bond acceptors (Lipinski definition) is 5. The summed E-state index contributed by atoms with van der Waals surface area (Å²) in [6.45, 7) is 6.26. The van der Waals surface area contributed by atoms with Gasteiger partial charge in [-0.15, -0.1) is 0 Å². The van der Waals surface area contributed by atoms with E-state index in [0.717, 1.165) is 37.2 Å². The molecule has 1 saturated carbocycles. The number of methoxy groups -OCH3 is 1. The Balaban J connectivity index is 1.44. The van der Waals surface area contributed by atoms with E-state index in [1.807, 2.05) is 12.1 Å². The lowest BCUT2D eigenvalue weighted by Crippen LogP contribution is -2.77. The fourth-order valence-corrected chi connectivity index (χ4v) is 6.70. The van der Waals surface area contributed by atoms with Gasteiger partial charge in [-0.05, 0) is 60.1 Å². The number of fused-ring (bicyclic) bond motifs is 1. The average Bonchev–Trinajstić information content (AvgIpc) is 3.07. The van der Waals surface area contributed by atoms with Gasteiger partial charge in [0.2, 0.25) is 11.8 Å². The number of phenols is 1. The first-order valence-corrected chi connectivity index (χ1v) is 12.6. The summed E-state index contributed by atoms with van der Waals surface area (Å²) in [5.41, 5.74) is 1.16. The third-order valence-corrected chi connectivity index (χ3v) is 8.14. The minimum atomic E-state index is -0.922. The molecule has 5 atom stereocenters. The molecule has 3 heterocycles. The molecule has 3 N–H and O–H groups in total. The van der Waals surface area contributed by atoms with E-state index in [1.165, 1.54) is 5.56 Å². The summed E-state index contributed by atoms with van der Waals surface area (Å²) in [6.07, 6.45) is 1.67. The van der Waals surface area contributed by atoms with Gasteiger partial charge in [0.15, 0.2) is 0 Å². The summed E-state index contributed by atoms with van der Waals surface area (Å²) in [6, 6.07) is 14.9. The monoisotopic (exact) mass is 477 g/mol. The van der Waals surface area contributed by atoms with Crippen LogP contribution in [0.3, 0.4) is 0 Å². The number of phenolic OH excluding ortho intramolecular Hbond substituents is 1. The van der Waals surface area contributed by atoms with Crippen LogP contribution in [-0.2, 0) is 22.7 Å². The van der Waals surface area contributed by atoms with Crippen LogP contribution in [0.5, 0.6) is 11.5 Å². The number of nitrogens with zero attached hydrogens (tertiary/aromatic N) is 1. The summed E-state index contributed by atoms with van der Waals surface area (Å²) < 4.78 is 5.31. The van der Waals surface area contributed by atoms with E-state index in [0.29, 0.717) is 12.5 Å². The normalized spacial score (nSPS) is 29.3. The number of likely N-dealkylation sites (tertiary alicyclic amines) is 1. The lowest BCUT2D eigenvalue weighted by Gasteiger charge is -2.55. The Morgan fingerprint density at radius 2 is 1.86 bits per heavy atom. The molecule has 4 bridgehead atoms. The van der Waals surface area contributed by atoms with Crippen molar-refractivity contribution in [2.45, 2.75) is 51.4 Å². The van der Waals surface area contributed by atoms with Crippen molar-refractivity contribution in [3.63, 3.8) is 0 Å². The van der Waals surface area contributed by atoms with Gasteiger partial charge in [-0.2, -0.15) is 0 Å². The molecule has 1 aliphatic carbocycles. The van der Waals surface area contributed by atoms with Crippen LogP contribution in [0, 0.1) is 23.7 Å². The molecule has 7 heteroatoms. The van der Waals surface area contributed by atoms with E-state index in [4.69, 9.17) is 4.74 Å². The number of ether oxygens (including phenoxy) is 1. The number of carbonyl (C=O) groups is 2. The Morgan fingerprint density at radius 3 is 2.51 bits per heavy atom. The maximum atomic E-state index is 13.9. The molecule has 0 spiro atoms. The maximum Gasteiger partial charge on any atom is 0.248 e. The zero-order valence-corrected chi connectivity index (χ0v) is 20.7. The molecule has 186 valence electrons. The molecule has 4 aliphatic rings. The predicted molar refractivity (Wildman–Crippen MR) is 133 cm³/mol. The maximum absolute atomic E-state index is 13.9. The minimum Gasteiger partial charge on any atom is -0.508 e. The highest BCUT2D eigenvalue weighted by atomic mass is 16.5. The molecule has 2 aromatic rings. The van der Waals surface area contributed by atoms with Crippen LogP contribution < -0.4 is 15.4 Å². The number of carbonyl (C=O) groups excluding carboxylic acids is 2. The Kier molecular flexibility index (Phi) is 6.21. The average molecular weight is 478 g/mol. The van der Waals surface area contributed by atoms with Crippen molar-refractivity contribution in [1.29, 1.82) is 0 Å². The molecular weight excluding hydrogens is 442 g/mol. The first-order valence-electron chi connectivity index (χ1n) is 12.6. The van der Waals surface area contributed by atoms with Crippen LogP contribution in [0.15, 0.2) is 48.5 Å². The molecule has 35 heavy (non-hydrogen) atoms. The smallest absolute Gasteiger partial charge is 0.248 e. The molecule has 0 aromatic heterocycles. The minimum absolute atomic E-state index is 0.0224. The van der Waals surface area contributed by atoms with Gasteiger partial charge in [0.25, 0.3) is 0 Å². The second-order valence-electron chi connectivity index (χ2n) is 10.8. The number of hydrogen-bond donors (Lipinski definition) is 3. The molecule has 2 aromatic carbocycles. The molecule has 0 radical (unpaired) electrons. The van der Waals surface area contributed by atoms with Crippen molar-refractivity contribution in [2.75, 3.05) is 13.7 Å². The first-order chi connectivity index (χ1) is 16.8. The van der Waals surface area contributed by atoms with E-state index < -0.39 is 5.54 Å². The Morgan fingerprint density at radius 1 is 1.17 bits per heavy atom. The number of rotatable bonds is 8.